The molecule has 0 radical (unpaired) electrons. The van der Waals surface area contributed by atoms with E-state index in [0.717, 1.165) is 0 Å². The highest BCUT2D eigenvalue weighted by Crippen LogP contribution is 2.28. The van der Waals surface area contributed by atoms with Gasteiger partial charge in [-0.3, -0.25) is 9.59 Å². The van der Waals surface area contributed by atoms with Gasteiger partial charge in [-0.1, -0.05) is 35.3 Å². The first-order chi connectivity index (χ1) is 10.6. The molecular weight excluding hydrogens is 323 g/mol. The van der Waals surface area contributed by atoms with E-state index in [0.29, 0.717) is 21.4 Å². The Morgan fingerprint density at radius 2 is 1.68 bits per heavy atom. The van der Waals surface area contributed by atoms with E-state index < -0.39 is 6.04 Å². The fraction of sp³-hybridized carbons (Fsp3) is 0.125. The SMILES string of the molecule is O=C1CC(Nc2ccccc2Cl)C(=O)N1c1ccc(Cl)cc1. The number of nitrogens with zero attached hydrogens (tertiary/aromatic N) is 1. The summed E-state index contributed by atoms with van der Waals surface area (Å²) in [6.45, 7) is 0. The van der Waals surface area contributed by atoms with Crippen LogP contribution in [0.25, 0.3) is 0 Å². The zero-order valence-electron chi connectivity index (χ0n) is 11.4. The molecule has 1 fully saturated rings. The molecule has 1 saturated heterocycles. The molecule has 0 aromatic heterocycles. The second-order valence-corrected chi connectivity index (χ2v) is 5.77. The summed E-state index contributed by atoms with van der Waals surface area (Å²) in [4.78, 5) is 25.8. The summed E-state index contributed by atoms with van der Waals surface area (Å²) in [5, 5.41) is 4.09. The molecule has 0 spiro atoms. The van der Waals surface area contributed by atoms with Crippen LogP contribution < -0.4 is 10.2 Å². The van der Waals surface area contributed by atoms with Crippen molar-refractivity contribution in [2.24, 2.45) is 0 Å². The maximum atomic E-state index is 12.5. The molecule has 2 aromatic carbocycles. The van der Waals surface area contributed by atoms with Gasteiger partial charge < -0.3 is 5.32 Å². The quantitative estimate of drug-likeness (QED) is 0.870. The van der Waals surface area contributed by atoms with E-state index in [1.165, 1.54) is 4.90 Å². The van der Waals surface area contributed by atoms with Crippen LogP contribution >= 0.6 is 23.2 Å². The first-order valence-electron chi connectivity index (χ1n) is 6.69. The average Bonchev–Trinajstić information content (AvgIpc) is 2.77. The standard InChI is InChI=1S/C16H12Cl2N2O2/c17-10-5-7-11(8-6-10)20-15(21)9-14(16(20)22)19-13-4-2-1-3-12(13)18/h1-8,14,19H,9H2. The van der Waals surface area contributed by atoms with Crippen molar-refractivity contribution in [3.8, 4) is 0 Å². The molecule has 0 bridgehead atoms. The molecule has 1 aliphatic rings. The average molecular weight is 335 g/mol. The van der Waals surface area contributed by atoms with Crippen molar-refractivity contribution in [1.29, 1.82) is 0 Å². The van der Waals surface area contributed by atoms with Crippen molar-refractivity contribution < 1.29 is 9.59 Å². The van der Waals surface area contributed by atoms with E-state index in [1.54, 1.807) is 42.5 Å². The highest BCUT2D eigenvalue weighted by atomic mass is 35.5. The predicted octanol–water partition coefficient (Wildman–Crippen LogP) is 3.74. The number of imide groups is 1. The topological polar surface area (TPSA) is 49.4 Å². The normalized spacial score (nSPS) is 17.9. The van der Waals surface area contributed by atoms with Gasteiger partial charge in [-0.05, 0) is 36.4 Å². The van der Waals surface area contributed by atoms with Crippen LogP contribution in [-0.2, 0) is 9.59 Å². The largest absolute Gasteiger partial charge is 0.372 e. The molecule has 22 heavy (non-hydrogen) atoms. The third-order valence-corrected chi connectivity index (χ3v) is 4.02. The van der Waals surface area contributed by atoms with Crippen molar-refractivity contribution in [2.75, 3.05) is 10.2 Å². The summed E-state index contributed by atoms with van der Waals surface area (Å²) in [5.74, 6) is -0.552. The molecule has 1 aliphatic heterocycles. The maximum absolute atomic E-state index is 12.5. The lowest BCUT2D eigenvalue weighted by Crippen LogP contribution is -2.34. The number of carbonyl (C=O) groups excluding carboxylic acids is 2. The van der Waals surface area contributed by atoms with Crippen molar-refractivity contribution >= 4 is 46.4 Å². The number of rotatable bonds is 3. The zero-order chi connectivity index (χ0) is 15.7. The Bertz CT molecular complexity index is 731. The van der Waals surface area contributed by atoms with E-state index in [2.05, 4.69) is 5.32 Å². The van der Waals surface area contributed by atoms with Crippen molar-refractivity contribution in [2.45, 2.75) is 12.5 Å². The number of halogens is 2. The molecule has 6 heteroatoms. The summed E-state index contributed by atoms with van der Waals surface area (Å²) >= 11 is 11.9. The molecule has 1 heterocycles. The number of hydrogen-bond donors (Lipinski definition) is 1. The fourth-order valence-electron chi connectivity index (χ4n) is 2.37. The van der Waals surface area contributed by atoms with E-state index in [1.807, 2.05) is 6.07 Å². The van der Waals surface area contributed by atoms with Gasteiger partial charge in [0.05, 0.1) is 22.8 Å². The van der Waals surface area contributed by atoms with Crippen molar-refractivity contribution in [1.82, 2.24) is 0 Å². The molecule has 1 atom stereocenters. The molecule has 4 nitrogen and oxygen atoms in total. The Labute approximate surface area is 137 Å². The lowest BCUT2D eigenvalue weighted by atomic mass is 10.2. The van der Waals surface area contributed by atoms with Crippen LogP contribution in [0.15, 0.2) is 48.5 Å². The van der Waals surface area contributed by atoms with Gasteiger partial charge >= 0.3 is 0 Å². The highest BCUT2D eigenvalue weighted by molar-refractivity contribution is 6.33. The fourth-order valence-corrected chi connectivity index (χ4v) is 2.69. The Morgan fingerprint density at radius 1 is 1.00 bits per heavy atom. The Morgan fingerprint density at radius 3 is 2.36 bits per heavy atom. The third kappa shape index (κ3) is 2.80. The van der Waals surface area contributed by atoms with Crippen LogP contribution in [-0.4, -0.2) is 17.9 Å². The van der Waals surface area contributed by atoms with Gasteiger partial charge in [-0.2, -0.15) is 0 Å². The molecule has 2 aromatic rings. The maximum Gasteiger partial charge on any atom is 0.256 e. The van der Waals surface area contributed by atoms with E-state index >= 15 is 0 Å². The van der Waals surface area contributed by atoms with Crippen LogP contribution in [0.2, 0.25) is 10.0 Å². The molecule has 1 N–H and O–H groups in total. The number of anilines is 2. The summed E-state index contributed by atoms with van der Waals surface area (Å²) in [7, 11) is 0. The van der Waals surface area contributed by atoms with Gasteiger partial charge in [0, 0.05) is 5.02 Å². The number of hydrogen-bond acceptors (Lipinski definition) is 3. The minimum Gasteiger partial charge on any atom is -0.372 e. The number of benzene rings is 2. The van der Waals surface area contributed by atoms with Crippen molar-refractivity contribution in [3.63, 3.8) is 0 Å². The Balaban J connectivity index is 1.82. The highest BCUT2D eigenvalue weighted by Gasteiger charge is 2.39. The lowest BCUT2D eigenvalue weighted by Gasteiger charge is -2.16. The molecular formula is C16H12Cl2N2O2. The van der Waals surface area contributed by atoms with Gasteiger partial charge in [0.15, 0.2) is 0 Å². The minimum absolute atomic E-state index is 0.0900. The van der Waals surface area contributed by atoms with Crippen molar-refractivity contribution in [3.05, 3.63) is 58.6 Å². The number of amides is 2. The van der Waals surface area contributed by atoms with Gasteiger partial charge in [0.2, 0.25) is 5.91 Å². The summed E-state index contributed by atoms with van der Waals surface area (Å²) in [6.07, 6.45) is 0.0900. The molecule has 1 unspecified atom stereocenters. The second kappa shape index (κ2) is 5.99. The summed E-state index contributed by atoms with van der Waals surface area (Å²) < 4.78 is 0. The Hall–Kier alpha value is -2.04. The number of nitrogens with one attached hydrogen (secondary N) is 1. The van der Waals surface area contributed by atoms with E-state index in [-0.39, 0.29) is 18.2 Å². The van der Waals surface area contributed by atoms with Crippen LogP contribution in [0.1, 0.15) is 6.42 Å². The summed E-state index contributed by atoms with van der Waals surface area (Å²) in [6, 6.07) is 13.1. The third-order valence-electron chi connectivity index (χ3n) is 3.44. The van der Waals surface area contributed by atoms with Crippen LogP contribution in [0.5, 0.6) is 0 Å². The first kappa shape index (κ1) is 14.9. The number of para-hydroxylation sites is 1. The monoisotopic (exact) mass is 334 g/mol. The van der Waals surface area contributed by atoms with Crippen LogP contribution in [0, 0.1) is 0 Å². The molecule has 0 saturated carbocycles. The molecule has 2 amide bonds. The second-order valence-electron chi connectivity index (χ2n) is 4.92. The van der Waals surface area contributed by atoms with Gasteiger partial charge in [-0.25, -0.2) is 4.90 Å². The lowest BCUT2D eigenvalue weighted by molar-refractivity contribution is -0.121. The van der Waals surface area contributed by atoms with Gasteiger partial charge in [-0.15, -0.1) is 0 Å². The van der Waals surface area contributed by atoms with Gasteiger partial charge in [0.1, 0.15) is 6.04 Å². The van der Waals surface area contributed by atoms with Crippen LogP contribution in [0.4, 0.5) is 11.4 Å². The summed E-state index contributed by atoms with van der Waals surface area (Å²) in [5.41, 5.74) is 1.15. The van der Waals surface area contributed by atoms with Gasteiger partial charge in [0.25, 0.3) is 5.91 Å². The molecule has 0 aliphatic carbocycles. The number of carbonyl (C=O) groups is 2. The first-order valence-corrected chi connectivity index (χ1v) is 7.45. The Kier molecular flexibility index (Phi) is 4.05. The van der Waals surface area contributed by atoms with E-state index in [4.69, 9.17) is 23.2 Å². The zero-order valence-corrected chi connectivity index (χ0v) is 12.9. The molecule has 3 rings (SSSR count). The predicted molar refractivity (Wildman–Crippen MR) is 87.4 cm³/mol. The minimum atomic E-state index is -0.622. The molecule has 112 valence electrons. The van der Waals surface area contributed by atoms with E-state index in [9.17, 15) is 9.59 Å². The smallest absolute Gasteiger partial charge is 0.256 e. The van der Waals surface area contributed by atoms with Crippen LogP contribution in [0.3, 0.4) is 0 Å².